The molecule has 3 aromatic heterocycles. The van der Waals surface area contributed by atoms with E-state index in [0.717, 1.165) is 71.9 Å². The molecule has 0 fully saturated rings. The van der Waals surface area contributed by atoms with Crippen molar-refractivity contribution in [1.82, 2.24) is 15.0 Å². The summed E-state index contributed by atoms with van der Waals surface area (Å²) in [6.45, 7) is 0. The molecule has 53 heavy (non-hydrogen) atoms. The van der Waals surface area contributed by atoms with E-state index in [0.29, 0.717) is 0 Å². The molecule has 0 spiro atoms. The van der Waals surface area contributed by atoms with Gasteiger partial charge in [-0.25, -0.2) is 15.0 Å². The first kappa shape index (κ1) is 30.3. The fourth-order valence-corrected chi connectivity index (χ4v) is 11.5. The van der Waals surface area contributed by atoms with Crippen LogP contribution in [-0.2, 0) is 0 Å². The van der Waals surface area contributed by atoms with Crippen LogP contribution >= 0.6 is 10.0 Å². The van der Waals surface area contributed by atoms with Gasteiger partial charge in [-0.15, -0.1) is 0 Å². The second kappa shape index (κ2) is 11.3. The van der Waals surface area contributed by atoms with E-state index < -0.39 is 10.0 Å². The SMILES string of the molecule is CS1(C)c2ccccc2-c2ccc3nc(-c4cccc5c(-c6ccc7ccc8ccc(-c9ccccc9)nc8c7n6)cccc45)c4ccccc4c3c21. The van der Waals surface area contributed by atoms with Crippen LogP contribution in [-0.4, -0.2) is 27.5 Å². The molecule has 0 saturated carbocycles. The van der Waals surface area contributed by atoms with Crippen LogP contribution in [0.1, 0.15) is 0 Å². The molecule has 0 atom stereocenters. The number of benzene rings is 7. The molecule has 1 aliphatic rings. The van der Waals surface area contributed by atoms with Gasteiger partial charge in [0.1, 0.15) is 0 Å². The van der Waals surface area contributed by atoms with Gasteiger partial charge in [-0.3, -0.25) is 0 Å². The predicted molar refractivity (Wildman–Crippen MR) is 225 cm³/mol. The van der Waals surface area contributed by atoms with E-state index in [1.807, 2.05) is 6.07 Å². The quantitative estimate of drug-likeness (QED) is 0.173. The van der Waals surface area contributed by atoms with Crippen molar-refractivity contribution in [1.29, 1.82) is 0 Å². The lowest BCUT2D eigenvalue weighted by atomic mass is 9.93. The maximum Gasteiger partial charge on any atom is 0.0972 e. The minimum Gasteiger partial charge on any atom is -0.247 e. The third-order valence-corrected chi connectivity index (χ3v) is 14.0. The number of hydrogen-bond acceptors (Lipinski definition) is 3. The van der Waals surface area contributed by atoms with Gasteiger partial charge in [-0.05, 0) is 64.1 Å². The van der Waals surface area contributed by atoms with E-state index in [4.69, 9.17) is 15.0 Å². The van der Waals surface area contributed by atoms with Crippen LogP contribution in [0.5, 0.6) is 0 Å². The van der Waals surface area contributed by atoms with Gasteiger partial charge in [0, 0.05) is 48.0 Å². The molecule has 3 nitrogen and oxygen atoms in total. The van der Waals surface area contributed by atoms with E-state index >= 15 is 0 Å². The fourth-order valence-electron chi connectivity index (χ4n) is 8.63. The van der Waals surface area contributed by atoms with Gasteiger partial charge in [-0.2, -0.15) is 10.0 Å². The topological polar surface area (TPSA) is 38.7 Å². The molecule has 0 N–H and O–H groups in total. The Morgan fingerprint density at radius 3 is 1.77 bits per heavy atom. The lowest BCUT2D eigenvalue weighted by Gasteiger charge is -2.29. The van der Waals surface area contributed by atoms with Crippen molar-refractivity contribution in [3.05, 3.63) is 164 Å². The Kier molecular flexibility index (Phi) is 6.47. The molecule has 0 amide bonds. The van der Waals surface area contributed by atoms with Crippen molar-refractivity contribution >= 4 is 64.3 Å². The van der Waals surface area contributed by atoms with Crippen molar-refractivity contribution in [3.63, 3.8) is 0 Å². The highest BCUT2D eigenvalue weighted by Crippen LogP contribution is 2.69. The maximum atomic E-state index is 5.53. The van der Waals surface area contributed by atoms with Crippen LogP contribution in [0.2, 0.25) is 0 Å². The molecule has 0 saturated heterocycles. The second-order valence-corrected chi connectivity index (χ2v) is 17.8. The van der Waals surface area contributed by atoms with Crippen LogP contribution in [0.3, 0.4) is 0 Å². The Morgan fingerprint density at radius 2 is 0.981 bits per heavy atom. The van der Waals surface area contributed by atoms with Crippen LogP contribution in [0.25, 0.3) is 99.2 Å². The lowest BCUT2D eigenvalue weighted by molar-refractivity contribution is 1.37. The molecule has 0 bridgehead atoms. The van der Waals surface area contributed by atoms with Gasteiger partial charge >= 0.3 is 0 Å². The molecular weight excluding hydrogens is 663 g/mol. The van der Waals surface area contributed by atoms with Gasteiger partial charge in [0.15, 0.2) is 0 Å². The van der Waals surface area contributed by atoms with Crippen molar-refractivity contribution in [2.75, 3.05) is 12.5 Å². The summed E-state index contributed by atoms with van der Waals surface area (Å²) in [6.07, 6.45) is 4.88. The van der Waals surface area contributed by atoms with E-state index in [-0.39, 0.29) is 0 Å². The fraction of sp³-hybridized carbons (Fsp3) is 0.0408. The van der Waals surface area contributed by atoms with E-state index in [2.05, 4.69) is 170 Å². The van der Waals surface area contributed by atoms with Gasteiger partial charge in [-0.1, -0.05) is 140 Å². The third-order valence-electron chi connectivity index (χ3n) is 11.1. The molecular formula is C49H33N3S. The number of nitrogens with zero attached hydrogens (tertiary/aromatic N) is 3. The molecule has 0 aliphatic carbocycles. The normalized spacial score (nSPS) is 13.8. The number of rotatable bonds is 3. The predicted octanol–water partition coefficient (Wildman–Crippen LogP) is 13.1. The molecule has 11 rings (SSSR count). The third kappa shape index (κ3) is 4.46. The second-order valence-electron chi connectivity index (χ2n) is 14.3. The Morgan fingerprint density at radius 1 is 0.396 bits per heavy atom. The summed E-state index contributed by atoms with van der Waals surface area (Å²) >= 11 is 0. The average molecular weight is 696 g/mol. The summed E-state index contributed by atoms with van der Waals surface area (Å²) in [5, 5.41) is 8.18. The lowest BCUT2D eigenvalue weighted by Crippen LogP contribution is -1.97. The first-order valence-corrected chi connectivity index (χ1v) is 20.5. The zero-order valence-corrected chi connectivity index (χ0v) is 30.2. The molecule has 0 unspecified atom stereocenters. The number of aromatic nitrogens is 3. The molecule has 4 heterocycles. The minimum atomic E-state index is -1.23. The summed E-state index contributed by atoms with van der Waals surface area (Å²) in [7, 11) is -1.23. The highest BCUT2D eigenvalue weighted by atomic mass is 32.3. The van der Waals surface area contributed by atoms with Crippen LogP contribution in [0.15, 0.2) is 174 Å². The van der Waals surface area contributed by atoms with E-state index in [1.165, 1.54) is 37.1 Å². The highest BCUT2D eigenvalue weighted by Gasteiger charge is 2.34. The summed E-state index contributed by atoms with van der Waals surface area (Å²) in [5.74, 6) is 0. The van der Waals surface area contributed by atoms with Gasteiger partial charge in [0.05, 0.1) is 33.6 Å². The van der Waals surface area contributed by atoms with Gasteiger partial charge in [0.25, 0.3) is 0 Å². The van der Waals surface area contributed by atoms with Crippen LogP contribution < -0.4 is 0 Å². The molecule has 1 aliphatic heterocycles. The highest BCUT2D eigenvalue weighted by molar-refractivity contribution is 8.33. The Hall–Kier alpha value is -6.36. The largest absolute Gasteiger partial charge is 0.247 e. The van der Waals surface area contributed by atoms with Crippen molar-refractivity contribution in [3.8, 4) is 44.9 Å². The number of pyridine rings is 3. The molecule has 10 aromatic rings. The first-order chi connectivity index (χ1) is 26.0. The smallest absolute Gasteiger partial charge is 0.0972 e. The molecule has 4 heteroatoms. The van der Waals surface area contributed by atoms with E-state index in [9.17, 15) is 0 Å². The Balaban J connectivity index is 1.11. The molecule has 0 radical (unpaired) electrons. The van der Waals surface area contributed by atoms with E-state index in [1.54, 1.807) is 0 Å². The summed E-state index contributed by atoms with van der Waals surface area (Å²) in [5.41, 5.74) is 11.8. The van der Waals surface area contributed by atoms with Crippen molar-refractivity contribution < 1.29 is 0 Å². The minimum absolute atomic E-state index is 0.910. The zero-order chi connectivity index (χ0) is 35.3. The summed E-state index contributed by atoms with van der Waals surface area (Å²) in [6, 6.07) is 58.7. The molecule has 250 valence electrons. The van der Waals surface area contributed by atoms with Gasteiger partial charge in [0.2, 0.25) is 0 Å². The van der Waals surface area contributed by atoms with Crippen LogP contribution in [0.4, 0.5) is 0 Å². The summed E-state index contributed by atoms with van der Waals surface area (Å²) < 4.78 is 0. The molecule has 7 aromatic carbocycles. The van der Waals surface area contributed by atoms with Gasteiger partial charge < -0.3 is 0 Å². The first-order valence-electron chi connectivity index (χ1n) is 18.0. The van der Waals surface area contributed by atoms with Crippen molar-refractivity contribution in [2.45, 2.75) is 9.79 Å². The maximum absolute atomic E-state index is 5.53. The Labute approximate surface area is 309 Å². The van der Waals surface area contributed by atoms with Crippen molar-refractivity contribution in [2.24, 2.45) is 0 Å². The van der Waals surface area contributed by atoms with Crippen LogP contribution in [0, 0.1) is 0 Å². The average Bonchev–Trinajstić information content (AvgIpc) is 3.45. The summed E-state index contributed by atoms with van der Waals surface area (Å²) in [4.78, 5) is 18.9. The zero-order valence-electron chi connectivity index (χ0n) is 29.3. The number of hydrogen-bond donors (Lipinski definition) is 0. The number of fused-ring (bicyclic) bond motifs is 11. The monoisotopic (exact) mass is 695 g/mol. The Bertz CT molecular complexity index is 3150. The standard InChI is InChI=1S/C49H33N3S/c1-53(2)44-21-9-8-14-36(44)40-26-29-43-45(49(40)53)37-15-6-7-16-39(37)48(52-43)38-20-11-17-33-34(38)18-10-19-35(33)42-28-25-32-23-22-31-24-27-41(30-12-4-3-5-13-30)50-46(31)47(32)51-42/h3-29H,1-2H3.